The number of nitrogens with zero attached hydrogens (tertiary/aromatic N) is 3. The molecular formula is C15H19N3O3. The number of hydrogen-bond donors (Lipinski definition) is 0. The average Bonchev–Trinajstić information content (AvgIpc) is 2.91. The van der Waals surface area contributed by atoms with Crippen molar-refractivity contribution in [1.29, 1.82) is 0 Å². The van der Waals surface area contributed by atoms with Crippen molar-refractivity contribution in [3.63, 3.8) is 0 Å². The second-order valence-corrected chi connectivity index (χ2v) is 4.43. The zero-order chi connectivity index (χ0) is 15.2. The highest BCUT2D eigenvalue weighted by Crippen LogP contribution is 2.20. The minimum atomic E-state index is -0.462. The van der Waals surface area contributed by atoms with Crippen LogP contribution in [-0.2, 0) is 17.7 Å². The SMILES string of the molecule is CCOc1ccccc1Cn1nnc(C(=O)OC)c1CC. The van der Waals surface area contributed by atoms with Gasteiger partial charge in [0.25, 0.3) is 0 Å². The van der Waals surface area contributed by atoms with E-state index in [2.05, 4.69) is 10.3 Å². The number of aromatic nitrogens is 3. The van der Waals surface area contributed by atoms with Gasteiger partial charge in [-0.2, -0.15) is 0 Å². The number of carbonyl (C=O) groups is 1. The second kappa shape index (κ2) is 6.88. The highest BCUT2D eigenvalue weighted by Gasteiger charge is 2.19. The average molecular weight is 289 g/mol. The standard InChI is InChI=1S/C15H19N3O3/c1-4-12-14(15(19)20-3)16-17-18(12)10-11-8-6-7-9-13(11)21-5-2/h6-9H,4-5,10H2,1-3H3. The normalized spacial score (nSPS) is 10.4. The third kappa shape index (κ3) is 3.21. The summed E-state index contributed by atoms with van der Waals surface area (Å²) in [5, 5.41) is 7.99. The van der Waals surface area contributed by atoms with Crippen molar-refractivity contribution < 1.29 is 14.3 Å². The van der Waals surface area contributed by atoms with Crippen LogP contribution in [0.15, 0.2) is 24.3 Å². The molecule has 1 aromatic heterocycles. The molecule has 0 atom stereocenters. The number of benzene rings is 1. The van der Waals surface area contributed by atoms with Crippen molar-refractivity contribution >= 4 is 5.97 Å². The van der Waals surface area contributed by atoms with Crippen LogP contribution in [-0.4, -0.2) is 34.7 Å². The topological polar surface area (TPSA) is 66.2 Å². The molecule has 1 aromatic carbocycles. The van der Waals surface area contributed by atoms with Crippen LogP contribution in [0.25, 0.3) is 0 Å². The van der Waals surface area contributed by atoms with Gasteiger partial charge in [0, 0.05) is 5.56 Å². The summed E-state index contributed by atoms with van der Waals surface area (Å²) in [5.41, 5.74) is 2.03. The van der Waals surface area contributed by atoms with E-state index in [4.69, 9.17) is 9.47 Å². The predicted molar refractivity (Wildman–Crippen MR) is 77.5 cm³/mol. The Hall–Kier alpha value is -2.37. The Balaban J connectivity index is 2.32. The van der Waals surface area contributed by atoms with Gasteiger partial charge in [-0.1, -0.05) is 30.3 Å². The van der Waals surface area contributed by atoms with E-state index in [9.17, 15) is 4.79 Å². The Kier molecular flexibility index (Phi) is 4.92. The summed E-state index contributed by atoms with van der Waals surface area (Å²) in [6.45, 7) is 5.00. The first-order valence-corrected chi connectivity index (χ1v) is 6.92. The second-order valence-electron chi connectivity index (χ2n) is 4.43. The van der Waals surface area contributed by atoms with E-state index in [1.807, 2.05) is 38.1 Å². The Bertz CT molecular complexity index is 622. The summed E-state index contributed by atoms with van der Waals surface area (Å²) in [6, 6.07) is 7.77. The molecule has 0 aliphatic heterocycles. The van der Waals surface area contributed by atoms with Crippen LogP contribution >= 0.6 is 0 Å². The summed E-state index contributed by atoms with van der Waals surface area (Å²) in [7, 11) is 1.34. The first-order valence-electron chi connectivity index (χ1n) is 6.92. The highest BCUT2D eigenvalue weighted by molar-refractivity contribution is 5.88. The van der Waals surface area contributed by atoms with E-state index in [1.54, 1.807) is 4.68 Å². The van der Waals surface area contributed by atoms with Crippen molar-refractivity contribution in [1.82, 2.24) is 15.0 Å². The van der Waals surface area contributed by atoms with Gasteiger partial charge >= 0.3 is 5.97 Å². The smallest absolute Gasteiger partial charge is 0.360 e. The molecule has 112 valence electrons. The lowest BCUT2D eigenvalue weighted by molar-refractivity contribution is 0.0592. The minimum absolute atomic E-state index is 0.272. The van der Waals surface area contributed by atoms with Crippen molar-refractivity contribution in [3.05, 3.63) is 41.2 Å². The Morgan fingerprint density at radius 3 is 2.71 bits per heavy atom. The molecule has 21 heavy (non-hydrogen) atoms. The van der Waals surface area contributed by atoms with Gasteiger partial charge in [-0.15, -0.1) is 5.10 Å². The fourth-order valence-electron chi connectivity index (χ4n) is 2.16. The van der Waals surface area contributed by atoms with E-state index >= 15 is 0 Å². The van der Waals surface area contributed by atoms with Gasteiger partial charge in [0.2, 0.25) is 0 Å². The summed E-state index contributed by atoms with van der Waals surface area (Å²) in [5.74, 6) is 0.355. The van der Waals surface area contributed by atoms with Gasteiger partial charge in [0.1, 0.15) is 5.75 Å². The van der Waals surface area contributed by atoms with Crippen molar-refractivity contribution in [2.45, 2.75) is 26.8 Å². The van der Waals surface area contributed by atoms with Crippen LogP contribution in [0.3, 0.4) is 0 Å². The van der Waals surface area contributed by atoms with Crippen LogP contribution in [0.4, 0.5) is 0 Å². The summed E-state index contributed by atoms with van der Waals surface area (Å²) in [6.07, 6.45) is 0.647. The lowest BCUT2D eigenvalue weighted by Crippen LogP contribution is -2.10. The molecule has 2 rings (SSSR count). The molecule has 0 aliphatic carbocycles. The summed E-state index contributed by atoms with van der Waals surface area (Å²) in [4.78, 5) is 11.7. The zero-order valence-electron chi connectivity index (χ0n) is 12.5. The maximum absolute atomic E-state index is 11.7. The maximum atomic E-state index is 11.7. The molecule has 6 nitrogen and oxygen atoms in total. The number of hydrogen-bond acceptors (Lipinski definition) is 5. The van der Waals surface area contributed by atoms with Gasteiger partial charge in [-0.3, -0.25) is 0 Å². The molecule has 0 amide bonds. The van der Waals surface area contributed by atoms with E-state index in [0.29, 0.717) is 19.6 Å². The molecule has 0 bridgehead atoms. The van der Waals surface area contributed by atoms with E-state index < -0.39 is 5.97 Å². The number of para-hydroxylation sites is 1. The van der Waals surface area contributed by atoms with Gasteiger partial charge in [-0.25, -0.2) is 9.48 Å². The van der Waals surface area contributed by atoms with Gasteiger partial charge in [0.05, 0.1) is 26.0 Å². The molecular weight excluding hydrogens is 270 g/mol. The molecule has 1 heterocycles. The molecule has 0 fully saturated rings. The Labute approximate surface area is 123 Å². The molecule has 0 spiro atoms. The molecule has 0 unspecified atom stereocenters. The zero-order valence-corrected chi connectivity index (χ0v) is 12.5. The van der Waals surface area contributed by atoms with Crippen LogP contribution < -0.4 is 4.74 Å². The Morgan fingerprint density at radius 1 is 1.29 bits per heavy atom. The monoisotopic (exact) mass is 289 g/mol. The Morgan fingerprint density at radius 2 is 2.05 bits per heavy atom. The van der Waals surface area contributed by atoms with E-state index in [-0.39, 0.29) is 5.69 Å². The van der Waals surface area contributed by atoms with E-state index in [0.717, 1.165) is 17.0 Å². The fraction of sp³-hybridized carbons (Fsp3) is 0.400. The molecule has 0 saturated heterocycles. The van der Waals surface area contributed by atoms with Crippen molar-refractivity contribution in [3.8, 4) is 5.75 Å². The summed E-state index contributed by atoms with van der Waals surface area (Å²) >= 11 is 0. The number of methoxy groups -OCH3 is 1. The first-order chi connectivity index (χ1) is 10.2. The maximum Gasteiger partial charge on any atom is 0.360 e. The van der Waals surface area contributed by atoms with Gasteiger partial charge in [0.15, 0.2) is 5.69 Å². The predicted octanol–water partition coefficient (Wildman–Crippen LogP) is 2.07. The number of esters is 1. The van der Waals surface area contributed by atoms with Crippen LogP contribution in [0.5, 0.6) is 5.75 Å². The van der Waals surface area contributed by atoms with Crippen LogP contribution in [0.2, 0.25) is 0 Å². The van der Waals surface area contributed by atoms with Crippen molar-refractivity contribution in [2.75, 3.05) is 13.7 Å². The third-order valence-electron chi connectivity index (χ3n) is 3.14. The quantitative estimate of drug-likeness (QED) is 0.762. The van der Waals surface area contributed by atoms with Crippen LogP contribution in [0, 0.1) is 0 Å². The lowest BCUT2D eigenvalue weighted by Gasteiger charge is -2.11. The molecule has 0 radical (unpaired) electrons. The van der Waals surface area contributed by atoms with Crippen molar-refractivity contribution in [2.24, 2.45) is 0 Å². The fourth-order valence-corrected chi connectivity index (χ4v) is 2.16. The third-order valence-corrected chi connectivity index (χ3v) is 3.14. The molecule has 2 aromatic rings. The first kappa shape index (κ1) is 15.0. The minimum Gasteiger partial charge on any atom is -0.494 e. The molecule has 0 N–H and O–H groups in total. The molecule has 6 heteroatoms. The number of carbonyl (C=O) groups excluding carboxylic acids is 1. The molecule has 0 saturated carbocycles. The highest BCUT2D eigenvalue weighted by atomic mass is 16.5. The van der Waals surface area contributed by atoms with E-state index in [1.165, 1.54) is 7.11 Å². The largest absolute Gasteiger partial charge is 0.494 e. The lowest BCUT2D eigenvalue weighted by atomic mass is 10.2. The van der Waals surface area contributed by atoms with Gasteiger partial charge < -0.3 is 9.47 Å². The van der Waals surface area contributed by atoms with Gasteiger partial charge in [-0.05, 0) is 19.4 Å². The number of rotatable bonds is 6. The summed E-state index contributed by atoms with van der Waals surface area (Å²) < 4.78 is 12.0. The molecule has 0 aliphatic rings. The number of ether oxygens (including phenoxy) is 2. The van der Waals surface area contributed by atoms with Crippen LogP contribution in [0.1, 0.15) is 35.6 Å².